The van der Waals surface area contributed by atoms with Crippen LogP contribution >= 0.6 is 0 Å². The number of aryl methyl sites for hydroxylation is 2. The third kappa shape index (κ3) is 3.32. The molecule has 1 aromatic heterocycles. The molecule has 21 heavy (non-hydrogen) atoms. The van der Waals surface area contributed by atoms with Crippen molar-refractivity contribution in [1.29, 1.82) is 5.26 Å². The van der Waals surface area contributed by atoms with E-state index in [9.17, 15) is 0 Å². The van der Waals surface area contributed by atoms with Crippen LogP contribution < -0.4 is 5.73 Å². The van der Waals surface area contributed by atoms with Gasteiger partial charge in [0.1, 0.15) is 0 Å². The highest BCUT2D eigenvalue weighted by molar-refractivity contribution is 5.38. The van der Waals surface area contributed by atoms with E-state index < -0.39 is 0 Å². The predicted octanol–water partition coefficient (Wildman–Crippen LogP) is 2.62. The van der Waals surface area contributed by atoms with Gasteiger partial charge in [0, 0.05) is 11.7 Å². The highest BCUT2D eigenvalue weighted by Gasteiger charge is 2.13. The third-order valence-corrected chi connectivity index (χ3v) is 3.85. The van der Waals surface area contributed by atoms with Gasteiger partial charge in [0.15, 0.2) is 0 Å². The van der Waals surface area contributed by atoms with Crippen molar-refractivity contribution in [2.24, 2.45) is 5.73 Å². The average molecular weight is 282 g/mol. The van der Waals surface area contributed by atoms with E-state index in [0.717, 1.165) is 24.2 Å². The fraction of sp³-hybridized carbons (Fsp3) is 0.412. The van der Waals surface area contributed by atoms with Gasteiger partial charge in [0.05, 0.1) is 23.9 Å². The van der Waals surface area contributed by atoms with Crippen LogP contribution in [0.4, 0.5) is 0 Å². The minimum absolute atomic E-state index is 0.136. The fourth-order valence-corrected chi connectivity index (χ4v) is 2.61. The van der Waals surface area contributed by atoms with Crippen LogP contribution in [-0.2, 0) is 13.0 Å². The number of aromatic nitrogens is 2. The smallest absolute Gasteiger partial charge is 0.0991 e. The maximum absolute atomic E-state index is 8.93. The van der Waals surface area contributed by atoms with E-state index in [0.29, 0.717) is 5.56 Å². The van der Waals surface area contributed by atoms with Gasteiger partial charge in [-0.15, -0.1) is 0 Å². The molecule has 0 aliphatic rings. The lowest BCUT2D eigenvalue weighted by atomic mass is 10.0. The van der Waals surface area contributed by atoms with Gasteiger partial charge in [0.25, 0.3) is 0 Å². The van der Waals surface area contributed by atoms with Crippen LogP contribution in [0.2, 0.25) is 0 Å². The predicted molar refractivity (Wildman–Crippen MR) is 84.1 cm³/mol. The summed E-state index contributed by atoms with van der Waals surface area (Å²) in [4.78, 5) is 0. The number of nitrogens with zero attached hydrogens (tertiary/aromatic N) is 3. The zero-order valence-corrected chi connectivity index (χ0v) is 13.1. The normalized spacial score (nSPS) is 12.2. The maximum Gasteiger partial charge on any atom is 0.0991 e. The van der Waals surface area contributed by atoms with Crippen molar-refractivity contribution < 1.29 is 0 Å². The number of hydrogen-bond acceptors (Lipinski definition) is 3. The lowest BCUT2D eigenvalue weighted by Crippen LogP contribution is -2.18. The second-order valence-electron chi connectivity index (χ2n) is 5.74. The van der Waals surface area contributed by atoms with Gasteiger partial charge in [-0.2, -0.15) is 10.4 Å². The molecule has 4 heteroatoms. The van der Waals surface area contributed by atoms with E-state index in [1.54, 1.807) is 0 Å². The van der Waals surface area contributed by atoms with Crippen LogP contribution in [0.25, 0.3) is 0 Å². The maximum atomic E-state index is 8.93. The molecule has 0 spiro atoms. The van der Waals surface area contributed by atoms with Crippen molar-refractivity contribution in [3.05, 3.63) is 51.8 Å². The molecule has 0 aliphatic carbocycles. The molecule has 2 rings (SSSR count). The first-order chi connectivity index (χ1) is 9.92. The molecule has 1 atom stereocenters. The molecule has 0 radical (unpaired) electrons. The Labute approximate surface area is 126 Å². The van der Waals surface area contributed by atoms with E-state index in [2.05, 4.69) is 18.1 Å². The molecular formula is C17H22N4. The molecule has 1 heterocycles. The molecule has 1 aromatic carbocycles. The van der Waals surface area contributed by atoms with Gasteiger partial charge >= 0.3 is 0 Å². The van der Waals surface area contributed by atoms with Gasteiger partial charge in [-0.05, 0) is 62.9 Å². The van der Waals surface area contributed by atoms with E-state index in [4.69, 9.17) is 11.0 Å². The van der Waals surface area contributed by atoms with Gasteiger partial charge < -0.3 is 5.73 Å². The van der Waals surface area contributed by atoms with Crippen LogP contribution in [0.1, 0.15) is 40.6 Å². The summed E-state index contributed by atoms with van der Waals surface area (Å²) in [5.74, 6) is 0. The molecule has 0 saturated carbocycles. The summed E-state index contributed by atoms with van der Waals surface area (Å²) in [6.45, 7) is 8.90. The van der Waals surface area contributed by atoms with E-state index in [-0.39, 0.29) is 6.04 Å². The molecule has 0 fully saturated rings. The molecular weight excluding hydrogens is 260 g/mol. The molecule has 0 saturated heterocycles. The van der Waals surface area contributed by atoms with Crippen LogP contribution in [0.15, 0.2) is 18.2 Å². The van der Waals surface area contributed by atoms with Crippen LogP contribution in [0, 0.1) is 32.1 Å². The van der Waals surface area contributed by atoms with Crippen molar-refractivity contribution in [3.8, 4) is 6.07 Å². The highest BCUT2D eigenvalue weighted by Crippen LogP contribution is 2.18. The van der Waals surface area contributed by atoms with Gasteiger partial charge in [-0.3, -0.25) is 4.68 Å². The second kappa shape index (κ2) is 6.11. The minimum atomic E-state index is 0.136. The topological polar surface area (TPSA) is 67.6 Å². The summed E-state index contributed by atoms with van der Waals surface area (Å²) in [5, 5.41) is 13.6. The zero-order chi connectivity index (χ0) is 15.6. The molecule has 0 amide bonds. The Kier molecular flexibility index (Phi) is 4.44. The molecule has 110 valence electrons. The van der Waals surface area contributed by atoms with Crippen LogP contribution in [0.3, 0.4) is 0 Å². The van der Waals surface area contributed by atoms with Gasteiger partial charge in [-0.1, -0.05) is 6.07 Å². The summed E-state index contributed by atoms with van der Waals surface area (Å²) in [7, 11) is 0. The first kappa shape index (κ1) is 15.3. The van der Waals surface area contributed by atoms with Crippen molar-refractivity contribution in [2.75, 3.05) is 0 Å². The Morgan fingerprint density at radius 1 is 1.33 bits per heavy atom. The van der Waals surface area contributed by atoms with Crippen molar-refractivity contribution in [1.82, 2.24) is 9.78 Å². The van der Waals surface area contributed by atoms with Crippen molar-refractivity contribution in [2.45, 2.75) is 46.7 Å². The summed E-state index contributed by atoms with van der Waals surface area (Å²) in [6.07, 6.45) is 0.851. The first-order valence-electron chi connectivity index (χ1n) is 7.20. The van der Waals surface area contributed by atoms with Gasteiger partial charge in [-0.25, -0.2) is 0 Å². The number of hydrogen-bond donors (Lipinski definition) is 1. The fourth-order valence-electron chi connectivity index (χ4n) is 2.61. The van der Waals surface area contributed by atoms with E-state index >= 15 is 0 Å². The molecule has 0 aliphatic heterocycles. The lowest BCUT2D eigenvalue weighted by Gasteiger charge is -2.09. The largest absolute Gasteiger partial charge is 0.328 e. The standard InChI is InChI=1S/C17H22N4/c1-11-7-15(9-18)5-6-16(11)10-21-14(4)17(8-12(2)19)13(3)20-21/h5-7,12H,8,10,19H2,1-4H3. The van der Waals surface area contributed by atoms with Gasteiger partial charge in [0.2, 0.25) is 0 Å². The number of nitriles is 1. The lowest BCUT2D eigenvalue weighted by molar-refractivity contribution is 0.653. The number of nitrogens with two attached hydrogens (primary N) is 1. The summed E-state index contributed by atoms with van der Waals surface area (Å²) in [5.41, 5.74) is 12.4. The Hall–Kier alpha value is -2.12. The average Bonchev–Trinajstić information content (AvgIpc) is 2.68. The summed E-state index contributed by atoms with van der Waals surface area (Å²) >= 11 is 0. The number of rotatable bonds is 4. The SMILES string of the molecule is Cc1cc(C#N)ccc1Cn1nc(C)c(CC(C)N)c1C. The minimum Gasteiger partial charge on any atom is -0.328 e. The molecule has 4 nitrogen and oxygen atoms in total. The van der Waals surface area contributed by atoms with Crippen LogP contribution in [-0.4, -0.2) is 15.8 Å². The number of benzene rings is 1. The quantitative estimate of drug-likeness (QED) is 0.937. The highest BCUT2D eigenvalue weighted by atomic mass is 15.3. The third-order valence-electron chi connectivity index (χ3n) is 3.85. The zero-order valence-electron chi connectivity index (χ0n) is 13.1. The summed E-state index contributed by atoms with van der Waals surface area (Å²) < 4.78 is 2.03. The molecule has 0 bridgehead atoms. The Balaban J connectivity index is 2.30. The van der Waals surface area contributed by atoms with E-state index in [1.165, 1.54) is 16.8 Å². The summed E-state index contributed by atoms with van der Waals surface area (Å²) in [6, 6.07) is 8.09. The van der Waals surface area contributed by atoms with E-state index in [1.807, 2.05) is 43.7 Å². The Morgan fingerprint density at radius 3 is 2.62 bits per heavy atom. The first-order valence-corrected chi connectivity index (χ1v) is 7.20. The Bertz CT molecular complexity index is 690. The monoisotopic (exact) mass is 282 g/mol. The van der Waals surface area contributed by atoms with Crippen molar-refractivity contribution in [3.63, 3.8) is 0 Å². The second-order valence-corrected chi connectivity index (χ2v) is 5.74. The molecule has 2 aromatic rings. The molecule has 2 N–H and O–H groups in total. The van der Waals surface area contributed by atoms with Crippen molar-refractivity contribution >= 4 is 0 Å². The Morgan fingerprint density at radius 2 is 2.05 bits per heavy atom. The molecule has 1 unspecified atom stereocenters. The van der Waals surface area contributed by atoms with Crippen LogP contribution in [0.5, 0.6) is 0 Å².